The van der Waals surface area contributed by atoms with Crippen LogP contribution in [0, 0.1) is 0 Å². The lowest BCUT2D eigenvalue weighted by Gasteiger charge is -2.19. The normalized spacial score (nSPS) is 13.3. The number of hydrogen-bond acceptors (Lipinski definition) is 7. The lowest BCUT2D eigenvalue weighted by atomic mass is 10.0. The Labute approximate surface area is 371 Å². The molecule has 60 heavy (non-hydrogen) atoms. The first-order chi connectivity index (χ1) is 29.3. The Morgan fingerprint density at radius 1 is 0.467 bits per heavy atom. The van der Waals surface area contributed by atoms with Crippen molar-refractivity contribution in [3.63, 3.8) is 0 Å². The van der Waals surface area contributed by atoms with Gasteiger partial charge in [0.2, 0.25) is 0 Å². The standard InChI is InChI=1S/C51H97O8P/c1-4-6-8-10-12-14-16-18-20-22-24-25-26-27-28-30-31-33-35-37-39-41-43-45-50(52)57-47-49(48-58-60(54,55)56-3)59-51(53)46-44-42-40-38-36-34-32-29-23-21-19-17-15-13-11-9-7-5-2/h15,17,21,23,49H,4-14,16,18-20,22,24-48H2,1-3H3,(H,54,55)/b17-15-,23-21-. The van der Waals surface area contributed by atoms with Crippen molar-refractivity contribution < 1.29 is 37.6 Å². The molecule has 2 atom stereocenters. The summed E-state index contributed by atoms with van der Waals surface area (Å²) in [7, 11) is -3.20. The molecule has 0 aliphatic heterocycles. The number of ether oxygens (including phenoxy) is 2. The van der Waals surface area contributed by atoms with Crippen LogP contribution in [-0.4, -0.2) is 43.3 Å². The second-order valence-electron chi connectivity index (χ2n) is 17.3. The number of phosphoric ester groups is 1. The highest BCUT2D eigenvalue weighted by atomic mass is 31.2. The van der Waals surface area contributed by atoms with Crippen LogP contribution < -0.4 is 0 Å². The summed E-state index contributed by atoms with van der Waals surface area (Å²) in [5, 5.41) is 0. The Morgan fingerprint density at radius 3 is 1.18 bits per heavy atom. The van der Waals surface area contributed by atoms with Crippen molar-refractivity contribution in [1.82, 2.24) is 0 Å². The maximum Gasteiger partial charge on any atom is 0.472 e. The Kier molecular flexibility index (Phi) is 45.9. The first-order valence-electron chi connectivity index (χ1n) is 25.5. The second kappa shape index (κ2) is 47.0. The van der Waals surface area contributed by atoms with E-state index in [1.807, 2.05) is 0 Å². The number of unbranched alkanes of at least 4 members (excludes halogenated alkanes) is 33. The van der Waals surface area contributed by atoms with Gasteiger partial charge in [0.05, 0.1) is 6.61 Å². The van der Waals surface area contributed by atoms with Gasteiger partial charge in [-0.25, -0.2) is 4.57 Å². The van der Waals surface area contributed by atoms with E-state index in [1.165, 1.54) is 180 Å². The van der Waals surface area contributed by atoms with E-state index in [0.29, 0.717) is 12.8 Å². The second-order valence-corrected chi connectivity index (χ2v) is 18.9. The predicted molar refractivity (Wildman–Crippen MR) is 253 cm³/mol. The summed E-state index contributed by atoms with van der Waals surface area (Å²) in [5.74, 6) is -0.798. The molecule has 0 amide bonds. The van der Waals surface area contributed by atoms with Crippen LogP contribution in [0.1, 0.15) is 264 Å². The summed E-state index contributed by atoms with van der Waals surface area (Å²) in [5.41, 5.74) is 0. The molecule has 8 nitrogen and oxygen atoms in total. The number of carbonyl (C=O) groups excluding carboxylic acids is 2. The molecule has 1 N–H and O–H groups in total. The summed E-state index contributed by atoms with van der Waals surface area (Å²) in [4.78, 5) is 34.6. The van der Waals surface area contributed by atoms with Gasteiger partial charge in [0.25, 0.3) is 0 Å². The Balaban J connectivity index is 3.86. The van der Waals surface area contributed by atoms with Crippen molar-refractivity contribution in [3.05, 3.63) is 24.3 Å². The van der Waals surface area contributed by atoms with Gasteiger partial charge in [-0.05, 0) is 44.9 Å². The molecule has 0 aromatic carbocycles. The number of phosphoric acid groups is 1. The van der Waals surface area contributed by atoms with E-state index in [4.69, 9.17) is 14.0 Å². The number of rotatable bonds is 48. The molecule has 0 bridgehead atoms. The zero-order chi connectivity index (χ0) is 43.9. The molecule has 9 heteroatoms. The Bertz CT molecular complexity index is 1030. The molecule has 0 spiro atoms. The van der Waals surface area contributed by atoms with Gasteiger partial charge in [0, 0.05) is 20.0 Å². The number of hydrogen-bond donors (Lipinski definition) is 1. The molecular formula is C51H97O8P. The largest absolute Gasteiger partial charge is 0.472 e. The van der Waals surface area contributed by atoms with Gasteiger partial charge in [0.15, 0.2) is 6.10 Å². The third-order valence-electron chi connectivity index (χ3n) is 11.4. The molecule has 0 saturated carbocycles. The van der Waals surface area contributed by atoms with Gasteiger partial charge in [-0.3, -0.25) is 18.6 Å². The third kappa shape index (κ3) is 46.0. The van der Waals surface area contributed by atoms with E-state index < -0.39 is 26.5 Å². The highest BCUT2D eigenvalue weighted by Crippen LogP contribution is 2.42. The molecule has 0 rings (SSSR count). The number of allylic oxidation sites excluding steroid dienone is 4. The zero-order valence-electron chi connectivity index (χ0n) is 39.6. The van der Waals surface area contributed by atoms with Gasteiger partial charge in [-0.15, -0.1) is 0 Å². The van der Waals surface area contributed by atoms with Crippen molar-refractivity contribution in [2.24, 2.45) is 0 Å². The summed E-state index contributed by atoms with van der Waals surface area (Å²) in [6, 6.07) is 0. The zero-order valence-corrected chi connectivity index (χ0v) is 40.5. The summed E-state index contributed by atoms with van der Waals surface area (Å²) < 4.78 is 32.1. The molecule has 0 heterocycles. The minimum absolute atomic E-state index is 0.224. The van der Waals surface area contributed by atoms with Crippen molar-refractivity contribution in [2.75, 3.05) is 20.3 Å². The van der Waals surface area contributed by atoms with Crippen molar-refractivity contribution in [2.45, 2.75) is 270 Å². The lowest BCUT2D eigenvalue weighted by molar-refractivity contribution is -0.161. The molecule has 2 unspecified atom stereocenters. The molecule has 0 radical (unpaired) electrons. The molecule has 0 saturated heterocycles. The lowest BCUT2D eigenvalue weighted by Crippen LogP contribution is -2.29. The molecule has 0 aromatic heterocycles. The fourth-order valence-electron chi connectivity index (χ4n) is 7.52. The monoisotopic (exact) mass is 869 g/mol. The van der Waals surface area contributed by atoms with E-state index in [9.17, 15) is 19.0 Å². The molecule has 0 aliphatic rings. The van der Waals surface area contributed by atoms with Gasteiger partial charge in [0.1, 0.15) is 6.61 Å². The maximum absolute atomic E-state index is 12.6. The van der Waals surface area contributed by atoms with Gasteiger partial charge in [-0.2, -0.15) is 0 Å². The van der Waals surface area contributed by atoms with Gasteiger partial charge in [-0.1, -0.05) is 231 Å². The summed E-state index contributed by atoms with van der Waals surface area (Å²) in [6.07, 6.45) is 55.3. The third-order valence-corrected chi connectivity index (χ3v) is 12.4. The van der Waals surface area contributed by atoms with E-state index in [1.54, 1.807) is 0 Å². The molecule has 0 aromatic rings. The van der Waals surface area contributed by atoms with Crippen LogP contribution >= 0.6 is 7.82 Å². The topological polar surface area (TPSA) is 108 Å². The van der Waals surface area contributed by atoms with Crippen molar-refractivity contribution >= 4 is 19.8 Å². The first kappa shape index (κ1) is 58.5. The molecular weight excluding hydrogens is 772 g/mol. The first-order valence-corrected chi connectivity index (χ1v) is 27.0. The fourth-order valence-corrected chi connectivity index (χ4v) is 7.98. The van der Waals surface area contributed by atoms with Crippen LogP contribution in [0.15, 0.2) is 24.3 Å². The highest BCUT2D eigenvalue weighted by molar-refractivity contribution is 7.47. The SMILES string of the molecule is CCCCCC/C=C\C/C=C\CCCCCCCCCC(=O)OC(COC(=O)CCCCCCCCCCCCCCCCCCCCCCCCC)COP(=O)(O)OC. The van der Waals surface area contributed by atoms with Crippen LogP contribution in [0.5, 0.6) is 0 Å². The van der Waals surface area contributed by atoms with Gasteiger partial charge < -0.3 is 14.4 Å². The quantitative estimate of drug-likeness (QED) is 0.0279. The van der Waals surface area contributed by atoms with Crippen LogP contribution in [-0.2, 0) is 32.7 Å². The smallest absolute Gasteiger partial charge is 0.462 e. The predicted octanol–water partition coefficient (Wildman–Crippen LogP) is 16.6. The molecule has 354 valence electrons. The van der Waals surface area contributed by atoms with E-state index in [-0.39, 0.29) is 19.0 Å². The molecule has 0 fully saturated rings. The van der Waals surface area contributed by atoms with Crippen molar-refractivity contribution in [3.8, 4) is 0 Å². The Morgan fingerprint density at radius 2 is 0.800 bits per heavy atom. The maximum atomic E-state index is 12.6. The van der Waals surface area contributed by atoms with Crippen LogP contribution in [0.3, 0.4) is 0 Å². The van der Waals surface area contributed by atoms with E-state index in [2.05, 4.69) is 42.7 Å². The van der Waals surface area contributed by atoms with Crippen LogP contribution in [0.25, 0.3) is 0 Å². The average Bonchev–Trinajstić information content (AvgIpc) is 3.24. The number of esters is 2. The summed E-state index contributed by atoms with van der Waals surface area (Å²) in [6.45, 7) is 3.91. The highest BCUT2D eigenvalue weighted by Gasteiger charge is 2.24. The van der Waals surface area contributed by atoms with E-state index in [0.717, 1.165) is 58.5 Å². The average molecular weight is 869 g/mol. The molecule has 0 aliphatic carbocycles. The van der Waals surface area contributed by atoms with Crippen LogP contribution in [0.2, 0.25) is 0 Å². The van der Waals surface area contributed by atoms with Crippen LogP contribution in [0.4, 0.5) is 0 Å². The summed E-state index contributed by atoms with van der Waals surface area (Å²) >= 11 is 0. The van der Waals surface area contributed by atoms with Crippen molar-refractivity contribution in [1.29, 1.82) is 0 Å². The number of carbonyl (C=O) groups is 2. The minimum Gasteiger partial charge on any atom is -0.462 e. The Hall–Kier alpha value is -1.47. The fraction of sp³-hybridized carbons (Fsp3) is 0.882. The van der Waals surface area contributed by atoms with E-state index >= 15 is 0 Å². The van der Waals surface area contributed by atoms with Gasteiger partial charge >= 0.3 is 19.8 Å². The minimum atomic E-state index is -4.27.